The van der Waals surface area contributed by atoms with Crippen molar-refractivity contribution in [3.05, 3.63) is 24.3 Å². The quantitative estimate of drug-likeness (QED) is 0.920. The second-order valence-electron chi connectivity index (χ2n) is 5.61. The minimum absolute atomic E-state index is 0.0731. The summed E-state index contributed by atoms with van der Waals surface area (Å²) >= 11 is 0. The van der Waals surface area contributed by atoms with E-state index in [1.807, 2.05) is 24.3 Å². The molecule has 0 aliphatic carbocycles. The fourth-order valence-corrected chi connectivity index (χ4v) is 2.87. The van der Waals surface area contributed by atoms with Gasteiger partial charge in [-0.25, -0.2) is 9.18 Å². The lowest BCUT2D eigenvalue weighted by Crippen LogP contribution is -2.53. The minimum Gasteiger partial charge on any atom is -0.486 e. The molecule has 5 nitrogen and oxygen atoms in total. The van der Waals surface area contributed by atoms with E-state index in [1.54, 1.807) is 4.90 Å². The smallest absolute Gasteiger partial charge is 0.342 e. The number of halogens is 1. The Hall–Kier alpha value is -1.82. The summed E-state index contributed by atoms with van der Waals surface area (Å²) in [6.45, 7) is 1.44. The van der Waals surface area contributed by atoms with Crippen LogP contribution in [0, 0.1) is 0 Å². The normalized spacial score (nSPS) is 29.1. The number of hydrogen-bond acceptors (Lipinski definition) is 4. The molecule has 0 amide bonds. The molecule has 3 rings (SSSR count). The fraction of sp³-hybridized carbons (Fsp3) is 0.533. The van der Waals surface area contributed by atoms with Gasteiger partial charge in [0.15, 0.2) is 11.5 Å². The van der Waals surface area contributed by atoms with Crippen molar-refractivity contribution in [1.82, 2.24) is 4.90 Å². The summed E-state index contributed by atoms with van der Waals surface area (Å²) in [6.07, 6.45) is 0.396. The van der Waals surface area contributed by atoms with Crippen LogP contribution in [0.4, 0.5) is 4.39 Å². The van der Waals surface area contributed by atoms with Crippen molar-refractivity contribution >= 4 is 5.97 Å². The molecule has 1 aromatic rings. The topological polar surface area (TPSA) is 59.0 Å². The van der Waals surface area contributed by atoms with E-state index in [0.717, 1.165) is 0 Å². The van der Waals surface area contributed by atoms with E-state index in [-0.39, 0.29) is 19.1 Å². The van der Waals surface area contributed by atoms with Crippen LogP contribution >= 0.6 is 0 Å². The molecular formula is C15H18FNO4. The fourth-order valence-electron chi connectivity index (χ4n) is 2.87. The molecule has 2 aliphatic heterocycles. The number of carboxylic acids is 1. The van der Waals surface area contributed by atoms with Crippen molar-refractivity contribution in [2.24, 2.45) is 0 Å². The van der Waals surface area contributed by atoms with Gasteiger partial charge in [-0.15, -0.1) is 0 Å². The van der Waals surface area contributed by atoms with E-state index in [2.05, 4.69) is 0 Å². The van der Waals surface area contributed by atoms with Crippen LogP contribution in [0.25, 0.3) is 0 Å². The molecule has 1 fully saturated rings. The lowest BCUT2D eigenvalue weighted by Gasteiger charge is -2.37. The van der Waals surface area contributed by atoms with Crippen molar-refractivity contribution < 1.29 is 23.8 Å². The van der Waals surface area contributed by atoms with Crippen LogP contribution < -0.4 is 9.47 Å². The first kappa shape index (κ1) is 14.1. The standard InChI is InChI=1S/C15H18FNO4/c16-15(14(18)19)6-3-7-17(10-15)8-11-9-20-12-4-1-2-5-13(12)21-11/h1-2,4-5,11H,3,6-10H2,(H,18,19). The number of carbonyl (C=O) groups is 1. The SMILES string of the molecule is O=C(O)C1(F)CCCN(CC2COc3ccccc3O2)C1. The number of carboxylic acid groups (broad SMARTS) is 1. The third-order valence-corrected chi connectivity index (χ3v) is 3.93. The molecule has 114 valence electrons. The zero-order valence-electron chi connectivity index (χ0n) is 11.6. The van der Waals surface area contributed by atoms with Gasteiger partial charge >= 0.3 is 5.97 Å². The largest absolute Gasteiger partial charge is 0.486 e. The van der Waals surface area contributed by atoms with Gasteiger partial charge in [-0.3, -0.25) is 4.90 Å². The molecule has 2 atom stereocenters. The molecule has 1 saturated heterocycles. The van der Waals surface area contributed by atoms with Crippen LogP contribution in [0.5, 0.6) is 11.5 Å². The molecule has 0 bridgehead atoms. The van der Waals surface area contributed by atoms with Gasteiger partial charge in [-0.2, -0.15) is 0 Å². The molecule has 6 heteroatoms. The molecule has 1 aromatic carbocycles. The summed E-state index contributed by atoms with van der Waals surface area (Å²) in [5.41, 5.74) is -2.15. The highest BCUT2D eigenvalue weighted by molar-refractivity contribution is 5.77. The van der Waals surface area contributed by atoms with E-state index in [0.29, 0.717) is 37.6 Å². The maximum Gasteiger partial charge on any atom is 0.342 e. The zero-order valence-corrected chi connectivity index (χ0v) is 11.6. The lowest BCUT2D eigenvalue weighted by molar-refractivity contribution is -0.155. The van der Waals surface area contributed by atoms with Crippen LogP contribution in [0.2, 0.25) is 0 Å². The molecule has 2 unspecified atom stereocenters. The van der Waals surface area contributed by atoms with Crippen molar-refractivity contribution in [2.75, 3.05) is 26.2 Å². The van der Waals surface area contributed by atoms with Crippen LogP contribution in [0.3, 0.4) is 0 Å². The molecule has 21 heavy (non-hydrogen) atoms. The minimum atomic E-state index is -2.15. The van der Waals surface area contributed by atoms with E-state index in [1.165, 1.54) is 0 Å². The van der Waals surface area contributed by atoms with Crippen molar-refractivity contribution in [1.29, 1.82) is 0 Å². The Morgan fingerprint density at radius 3 is 2.95 bits per heavy atom. The zero-order chi connectivity index (χ0) is 14.9. The third kappa shape index (κ3) is 2.95. The lowest BCUT2D eigenvalue weighted by atomic mass is 9.94. The third-order valence-electron chi connectivity index (χ3n) is 3.93. The molecule has 1 N–H and O–H groups in total. The number of hydrogen-bond donors (Lipinski definition) is 1. The van der Waals surface area contributed by atoms with Crippen LogP contribution in [0.1, 0.15) is 12.8 Å². The number of alkyl halides is 1. The molecule has 0 spiro atoms. The highest BCUT2D eigenvalue weighted by atomic mass is 19.1. The summed E-state index contributed by atoms with van der Waals surface area (Å²) in [5, 5.41) is 8.99. The summed E-state index contributed by atoms with van der Waals surface area (Å²) in [5.74, 6) is 0.00614. The first-order valence-corrected chi connectivity index (χ1v) is 7.10. The van der Waals surface area contributed by atoms with E-state index >= 15 is 0 Å². The van der Waals surface area contributed by atoms with Gasteiger partial charge in [-0.1, -0.05) is 12.1 Å². The van der Waals surface area contributed by atoms with E-state index in [9.17, 15) is 9.18 Å². The predicted molar refractivity (Wildman–Crippen MR) is 73.5 cm³/mol. The second kappa shape index (κ2) is 5.52. The molecule has 2 aliphatic rings. The Morgan fingerprint density at radius 1 is 1.43 bits per heavy atom. The van der Waals surface area contributed by atoms with Gasteiger partial charge in [0.25, 0.3) is 0 Å². The number of para-hydroxylation sites is 2. The Morgan fingerprint density at radius 2 is 2.19 bits per heavy atom. The van der Waals surface area contributed by atoms with E-state index < -0.39 is 11.6 Å². The van der Waals surface area contributed by atoms with Crippen molar-refractivity contribution in [3.8, 4) is 11.5 Å². The first-order valence-electron chi connectivity index (χ1n) is 7.10. The summed E-state index contributed by atoms with van der Waals surface area (Å²) in [4.78, 5) is 12.8. The second-order valence-corrected chi connectivity index (χ2v) is 5.61. The number of nitrogens with zero attached hydrogens (tertiary/aromatic N) is 1. The van der Waals surface area contributed by atoms with Crippen LogP contribution in [-0.2, 0) is 4.79 Å². The van der Waals surface area contributed by atoms with Crippen molar-refractivity contribution in [3.63, 3.8) is 0 Å². The molecule has 0 radical (unpaired) electrons. The molecule has 0 aromatic heterocycles. The molecule has 0 saturated carbocycles. The van der Waals surface area contributed by atoms with Crippen LogP contribution in [0.15, 0.2) is 24.3 Å². The number of rotatable bonds is 3. The van der Waals surface area contributed by atoms with E-state index in [4.69, 9.17) is 14.6 Å². The highest BCUT2D eigenvalue weighted by Gasteiger charge is 2.43. The monoisotopic (exact) mass is 295 g/mol. The average molecular weight is 295 g/mol. The first-order chi connectivity index (χ1) is 10.1. The van der Waals surface area contributed by atoms with Gasteiger partial charge in [-0.05, 0) is 31.5 Å². The highest BCUT2D eigenvalue weighted by Crippen LogP contribution is 2.32. The number of aliphatic carboxylic acids is 1. The number of ether oxygens (including phenoxy) is 2. The van der Waals surface area contributed by atoms with Gasteiger partial charge in [0.1, 0.15) is 12.7 Å². The van der Waals surface area contributed by atoms with Crippen LogP contribution in [-0.4, -0.2) is 54.0 Å². The van der Waals surface area contributed by atoms with Crippen molar-refractivity contribution in [2.45, 2.75) is 24.6 Å². The summed E-state index contributed by atoms with van der Waals surface area (Å²) < 4.78 is 25.7. The predicted octanol–water partition coefficient (Wildman–Crippen LogP) is 1.72. The Bertz CT molecular complexity index is 538. The number of likely N-dealkylation sites (tertiary alicyclic amines) is 1. The van der Waals surface area contributed by atoms with Gasteiger partial charge in [0, 0.05) is 13.1 Å². The maximum atomic E-state index is 14.2. The maximum absolute atomic E-state index is 14.2. The van der Waals surface area contributed by atoms with Gasteiger partial charge in [0.2, 0.25) is 5.67 Å². The molecular weight excluding hydrogens is 277 g/mol. The number of piperidine rings is 1. The van der Waals surface area contributed by atoms with Gasteiger partial charge < -0.3 is 14.6 Å². The Kier molecular flexibility index (Phi) is 3.71. The average Bonchev–Trinajstić information content (AvgIpc) is 2.47. The Labute approximate surface area is 122 Å². The Balaban J connectivity index is 1.62. The molecule has 2 heterocycles. The summed E-state index contributed by atoms with van der Waals surface area (Å²) in [7, 11) is 0. The summed E-state index contributed by atoms with van der Waals surface area (Å²) in [6, 6.07) is 7.40. The number of fused-ring (bicyclic) bond motifs is 1. The number of benzene rings is 1. The van der Waals surface area contributed by atoms with Gasteiger partial charge in [0.05, 0.1) is 0 Å².